The van der Waals surface area contributed by atoms with Crippen molar-refractivity contribution in [1.82, 2.24) is 9.80 Å². The molecule has 1 aromatic carbocycles. The molecule has 4 rings (SSSR count). The quantitative estimate of drug-likeness (QED) is 0.776. The van der Waals surface area contributed by atoms with Crippen molar-refractivity contribution in [2.75, 3.05) is 14.2 Å². The van der Waals surface area contributed by atoms with E-state index in [1.807, 2.05) is 17.0 Å². The molecule has 134 valence electrons. The van der Waals surface area contributed by atoms with Crippen molar-refractivity contribution in [3.05, 3.63) is 23.3 Å². The number of rotatable bonds is 3. The Hall–Kier alpha value is -1.82. The van der Waals surface area contributed by atoms with Gasteiger partial charge in [-0.15, -0.1) is 0 Å². The minimum Gasteiger partial charge on any atom is -0.493 e. The standard InChI is InChI=1S/C19H24N2O3S/c1-23-16-9-12-8-15-18(22)21(14-6-4-3-5-7-14)19(25)20(15)11-13(12)10-17(16)24-2/h9-10,14-15H,3-8,11H2,1-2H3/t15-/m1/s1. The lowest BCUT2D eigenvalue weighted by molar-refractivity contribution is -0.130. The van der Waals surface area contributed by atoms with Gasteiger partial charge < -0.3 is 14.4 Å². The average Bonchev–Trinajstić information content (AvgIpc) is 2.89. The first-order chi connectivity index (χ1) is 12.1. The van der Waals surface area contributed by atoms with Crippen LogP contribution in [0.2, 0.25) is 0 Å². The van der Waals surface area contributed by atoms with Gasteiger partial charge in [0.05, 0.1) is 14.2 Å². The molecule has 6 heteroatoms. The third-order valence-corrected chi connectivity index (χ3v) is 6.18. The summed E-state index contributed by atoms with van der Waals surface area (Å²) in [5, 5.41) is 0.710. The van der Waals surface area contributed by atoms with Gasteiger partial charge >= 0.3 is 0 Å². The summed E-state index contributed by atoms with van der Waals surface area (Å²) in [5.41, 5.74) is 2.31. The van der Waals surface area contributed by atoms with Gasteiger partial charge in [-0.25, -0.2) is 0 Å². The van der Waals surface area contributed by atoms with Gasteiger partial charge in [0, 0.05) is 19.0 Å². The molecule has 0 unspecified atom stereocenters. The fourth-order valence-electron chi connectivity index (χ4n) is 4.40. The summed E-state index contributed by atoms with van der Waals surface area (Å²) in [6, 6.07) is 4.14. The number of amides is 1. The van der Waals surface area contributed by atoms with Gasteiger partial charge in [-0.05, 0) is 48.3 Å². The molecule has 5 nitrogen and oxygen atoms in total. The molecule has 0 spiro atoms. The zero-order valence-electron chi connectivity index (χ0n) is 14.8. The number of hydrogen-bond donors (Lipinski definition) is 0. The SMILES string of the molecule is COc1cc2c(cc1OC)CN1C(=S)N(C3CCCCC3)C(=O)[C@H]1C2. The normalized spacial score (nSPS) is 23.5. The lowest BCUT2D eigenvalue weighted by Gasteiger charge is -2.32. The predicted octanol–water partition coefficient (Wildman–Crippen LogP) is 2.89. The number of benzene rings is 1. The number of hydrogen-bond acceptors (Lipinski definition) is 4. The van der Waals surface area contributed by atoms with Gasteiger partial charge in [-0.3, -0.25) is 9.69 Å². The Morgan fingerprint density at radius 3 is 2.32 bits per heavy atom. The van der Waals surface area contributed by atoms with Gasteiger partial charge in [0.25, 0.3) is 5.91 Å². The Balaban J connectivity index is 1.64. The Morgan fingerprint density at radius 2 is 1.68 bits per heavy atom. The van der Waals surface area contributed by atoms with E-state index in [0.717, 1.165) is 29.7 Å². The van der Waals surface area contributed by atoms with Crippen LogP contribution >= 0.6 is 12.2 Å². The van der Waals surface area contributed by atoms with Crippen molar-refractivity contribution in [3.63, 3.8) is 0 Å². The highest BCUT2D eigenvalue weighted by Gasteiger charge is 2.47. The molecule has 2 fully saturated rings. The van der Waals surface area contributed by atoms with Crippen molar-refractivity contribution < 1.29 is 14.3 Å². The van der Waals surface area contributed by atoms with E-state index < -0.39 is 0 Å². The smallest absolute Gasteiger partial charge is 0.252 e. The Morgan fingerprint density at radius 1 is 1.04 bits per heavy atom. The van der Waals surface area contributed by atoms with E-state index in [4.69, 9.17) is 21.7 Å². The zero-order chi connectivity index (χ0) is 17.6. The molecule has 1 saturated heterocycles. The van der Waals surface area contributed by atoms with E-state index >= 15 is 0 Å². The van der Waals surface area contributed by atoms with E-state index in [-0.39, 0.29) is 18.0 Å². The monoisotopic (exact) mass is 360 g/mol. The van der Waals surface area contributed by atoms with E-state index in [0.29, 0.717) is 23.8 Å². The Bertz CT molecular complexity index is 664. The molecule has 1 aliphatic carbocycles. The highest BCUT2D eigenvalue weighted by atomic mass is 32.1. The number of ether oxygens (including phenoxy) is 2. The second-order valence-corrected chi connectivity index (χ2v) is 7.47. The molecule has 25 heavy (non-hydrogen) atoms. The fourth-order valence-corrected chi connectivity index (χ4v) is 4.83. The first-order valence-electron chi connectivity index (χ1n) is 9.01. The third kappa shape index (κ3) is 2.67. The molecule has 1 atom stereocenters. The molecule has 2 heterocycles. The highest BCUT2D eigenvalue weighted by molar-refractivity contribution is 7.80. The summed E-state index contributed by atoms with van der Waals surface area (Å²) in [6.07, 6.45) is 6.47. The summed E-state index contributed by atoms with van der Waals surface area (Å²) < 4.78 is 10.8. The molecule has 1 aromatic rings. The molecule has 3 aliphatic rings. The number of methoxy groups -OCH3 is 2. The molecule has 0 bridgehead atoms. The predicted molar refractivity (Wildman–Crippen MR) is 98.9 cm³/mol. The summed E-state index contributed by atoms with van der Waals surface area (Å²) in [5.74, 6) is 1.62. The van der Waals surface area contributed by atoms with Crippen molar-refractivity contribution in [2.24, 2.45) is 0 Å². The van der Waals surface area contributed by atoms with Crippen LogP contribution in [0.1, 0.15) is 43.2 Å². The molecule has 0 radical (unpaired) electrons. The van der Waals surface area contributed by atoms with Crippen LogP contribution in [0, 0.1) is 0 Å². The van der Waals surface area contributed by atoms with Gasteiger partial charge in [-0.1, -0.05) is 19.3 Å². The molecular formula is C19H24N2O3S. The third-order valence-electron chi connectivity index (χ3n) is 5.75. The minimum absolute atomic E-state index is 0.167. The number of carbonyl (C=O) groups is 1. The van der Waals surface area contributed by atoms with Crippen molar-refractivity contribution in [1.29, 1.82) is 0 Å². The zero-order valence-corrected chi connectivity index (χ0v) is 15.6. The average molecular weight is 360 g/mol. The first-order valence-corrected chi connectivity index (χ1v) is 9.42. The van der Waals surface area contributed by atoms with E-state index in [1.165, 1.54) is 19.3 Å². The Labute approximate surface area is 153 Å². The lowest BCUT2D eigenvalue weighted by Crippen LogP contribution is -2.42. The maximum absolute atomic E-state index is 13.1. The maximum Gasteiger partial charge on any atom is 0.252 e. The van der Waals surface area contributed by atoms with E-state index in [2.05, 4.69) is 4.90 Å². The van der Waals surface area contributed by atoms with Gasteiger partial charge in [0.2, 0.25) is 0 Å². The molecular weight excluding hydrogens is 336 g/mol. The molecule has 0 N–H and O–H groups in total. The number of carbonyl (C=O) groups excluding carboxylic acids is 1. The highest BCUT2D eigenvalue weighted by Crippen LogP contribution is 2.38. The molecule has 2 aliphatic heterocycles. The summed E-state index contributed by atoms with van der Waals surface area (Å²) in [6.45, 7) is 0.661. The second kappa shape index (κ2) is 6.48. The fraction of sp³-hybridized carbons (Fsp3) is 0.579. The first kappa shape index (κ1) is 16.6. The largest absolute Gasteiger partial charge is 0.493 e. The van der Waals surface area contributed by atoms with Gasteiger partial charge in [0.1, 0.15) is 6.04 Å². The molecule has 1 amide bonds. The van der Waals surface area contributed by atoms with Crippen LogP contribution in [0.5, 0.6) is 11.5 Å². The summed E-state index contributed by atoms with van der Waals surface area (Å²) in [4.78, 5) is 17.1. The van der Waals surface area contributed by atoms with Crippen LogP contribution in [0.4, 0.5) is 0 Å². The van der Waals surface area contributed by atoms with E-state index in [1.54, 1.807) is 14.2 Å². The molecule has 0 aromatic heterocycles. The topological polar surface area (TPSA) is 42.0 Å². The van der Waals surface area contributed by atoms with Crippen molar-refractivity contribution >= 4 is 23.2 Å². The van der Waals surface area contributed by atoms with Crippen LogP contribution in [0.3, 0.4) is 0 Å². The Kier molecular flexibility index (Phi) is 4.31. The number of thiocarbonyl (C=S) groups is 1. The van der Waals surface area contributed by atoms with Crippen LogP contribution < -0.4 is 9.47 Å². The van der Waals surface area contributed by atoms with Crippen LogP contribution in [0.15, 0.2) is 12.1 Å². The second-order valence-electron chi connectivity index (χ2n) is 7.11. The van der Waals surface area contributed by atoms with Crippen molar-refractivity contribution in [2.45, 2.75) is 57.2 Å². The van der Waals surface area contributed by atoms with Gasteiger partial charge in [-0.2, -0.15) is 0 Å². The summed E-state index contributed by atoms with van der Waals surface area (Å²) in [7, 11) is 3.28. The summed E-state index contributed by atoms with van der Waals surface area (Å²) >= 11 is 5.71. The van der Waals surface area contributed by atoms with Crippen LogP contribution in [0.25, 0.3) is 0 Å². The number of nitrogens with zero attached hydrogens (tertiary/aromatic N) is 2. The minimum atomic E-state index is -0.167. The van der Waals surface area contributed by atoms with Gasteiger partial charge in [0.15, 0.2) is 16.6 Å². The molecule has 1 saturated carbocycles. The number of fused-ring (bicyclic) bond motifs is 2. The van der Waals surface area contributed by atoms with Crippen LogP contribution in [-0.4, -0.2) is 47.1 Å². The van der Waals surface area contributed by atoms with Crippen LogP contribution in [-0.2, 0) is 17.8 Å². The maximum atomic E-state index is 13.1. The van der Waals surface area contributed by atoms with E-state index in [9.17, 15) is 4.79 Å². The lowest BCUT2D eigenvalue weighted by atomic mass is 9.93. The van der Waals surface area contributed by atoms with Crippen molar-refractivity contribution in [3.8, 4) is 11.5 Å².